The highest BCUT2D eigenvalue weighted by atomic mass is 35.5. The van der Waals surface area contributed by atoms with Gasteiger partial charge in [-0.25, -0.2) is 8.78 Å². The van der Waals surface area contributed by atoms with E-state index in [-0.39, 0.29) is 11.6 Å². The van der Waals surface area contributed by atoms with Crippen LogP contribution in [0.3, 0.4) is 0 Å². The Balaban J connectivity index is 1.85. The van der Waals surface area contributed by atoms with Crippen LogP contribution in [0.25, 0.3) is 0 Å². The Morgan fingerprint density at radius 1 is 1.05 bits per heavy atom. The zero-order chi connectivity index (χ0) is 15.7. The van der Waals surface area contributed by atoms with E-state index in [2.05, 4.69) is 5.32 Å². The van der Waals surface area contributed by atoms with Crippen LogP contribution in [-0.2, 0) is 10.2 Å². The Bertz CT molecular complexity index is 711. The predicted molar refractivity (Wildman–Crippen MR) is 82.0 cm³/mol. The molecule has 3 rings (SSSR count). The maximum Gasteiger partial charge on any atom is 0.235 e. The highest BCUT2D eigenvalue weighted by molar-refractivity contribution is 6.30. The Morgan fingerprint density at radius 2 is 1.73 bits per heavy atom. The standard InChI is InChI=1S/C17H14ClF2NO/c18-12-4-2-11(3-5-12)17(8-1-9-17)16(22)21-13-6-7-14(19)15(20)10-13/h2-7,10H,1,8-9H2,(H,21,22). The lowest BCUT2D eigenvalue weighted by Crippen LogP contribution is -2.46. The number of carbonyl (C=O) groups is 1. The van der Waals surface area contributed by atoms with E-state index in [9.17, 15) is 13.6 Å². The molecule has 0 spiro atoms. The molecule has 2 aromatic carbocycles. The first-order valence-corrected chi connectivity index (χ1v) is 7.42. The van der Waals surface area contributed by atoms with Gasteiger partial charge in [0.05, 0.1) is 5.41 Å². The van der Waals surface area contributed by atoms with Crippen molar-refractivity contribution in [2.75, 3.05) is 5.32 Å². The van der Waals surface area contributed by atoms with Gasteiger partial charge in [-0.3, -0.25) is 4.79 Å². The van der Waals surface area contributed by atoms with Crippen LogP contribution in [0.4, 0.5) is 14.5 Å². The SMILES string of the molecule is O=C(Nc1ccc(F)c(F)c1)C1(c2ccc(Cl)cc2)CCC1. The normalized spacial score (nSPS) is 16.0. The summed E-state index contributed by atoms with van der Waals surface area (Å²) >= 11 is 5.89. The van der Waals surface area contributed by atoms with Gasteiger partial charge in [-0.15, -0.1) is 0 Å². The molecule has 2 aromatic rings. The van der Waals surface area contributed by atoms with Crippen LogP contribution in [-0.4, -0.2) is 5.91 Å². The van der Waals surface area contributed by atoms with Gasteiger partial charge in [0.25, 0.3) is 0 Å². The van der Waals surface area contributed by atoms with Crippen LogP contribution >= 0.6 is 11.6 Å². The van der Waals surface area contributed by atoms with Gasteiger partial charge < -0.3 is 5.32 Å². The molecule has 22 heavy (non-hydrogen) atoms. The molecule has 0 saturated heterocycles. The molecule has 0 aliphatic heterocycles. The molecule has 5 heteroatoms. The lowest BCUT2D eigenvalue weighted by atomic mass is 9.64. The summed E-state index contributed by atoms with van der Waals surface area (Å²) in [4.78, 5) is 12.6. The van der Waals surface area contributed by atoms with Gasteiger partial charge in [-0.05, 0) is 42.7 Å². The summed E-state index contributed by atoms with van der Waals surface area (Å²) in [5, 5.41) is 3.30. The Morgan fingerprint density at radius 3 is 2.27 bits per heavy atom. The maximum absolute atomic E-state index is 13.2. The van der Waals surface area contributed by atoms with Crippen LogP contribution in [0.5, 0.6) is 0 Å². The summed E-state index contributed by atoms with van der Waals surface area (Å²) in [7, 11) is 0. The molecule has 1 aliphatic rings. The van der Waals surface area contributed by atoms with Crippen LogP contribution < -0.4 is 5.32 Å². The van der Waals surface area contributed by atoms with Crippen LogP contribution in [0.2, 0.25) is 5.02 Å². The van der Waals surface area contributed by atoms with E-state index in [1.165, 1.54) is 6.07 Å². The first-order chi connectivity index (χ1) is 10.5. The van der Waals surface area contributed by atoms with Gasteiger partial charge in [-0.2, -0.15) is 0 Å². The monoisotopic (exact) mass is 321 g/mol. The molecule has 0 atom stereocenters. The van der Waals surface area contributed by atoms with Crippen molar-refractivity contribution in [3.63, 3.8) is 0 Å². The predicted octanol–water partition coefficient (Wildman–Crippen LogP) is 4.68. The number of nitrogens with one attached hydrogen (secondary N) is 1. The van der Waals surface area contributed by atoms with E-state index >= 15 is 0 Å². The zero-order valence-corrected chi connectivity index (χ0v) is 12.5. The highest BCUT2D eigenvalue weighted by Crippen LogP contribution is 2.44. The summed E-state index contributed by atoms with van der Waals surface area (Å²) in [5.74, 6) is -2.12. The third-order valence-corrected chi connectivity index (χ3v) is 4.47. The minimum absolute atomic E-state index is 0.202. The molecule has 1 fully saturated rings. The van der Waals surface area contributed by atoms with Crippen molar-refractivity contribution in [2.45, 2.75) is 24.7 Å². The minimum atomic E-state index is -0.980. The average Bonchev–Trinajstić information content (AvgIpc) is 2.44. The van der Waals surface area contributed by atoms with Gasteiger partial charge >= 0.3 is 0 Å². The number of hydrogen-bond donors (Lipinski definition) is 1. The molecule has 1 amide bonds. The lowest BCUT2D eigenvalue weighted by Gasteiger charge is -2.40. The van der Waals surface area contributed by atoms with Crippen LogP contribution in [0.15, 0.2) is 42.5 Å². The Labute approximate surface area is 132 Å². The number of halogens is 3. The Kier molecular flexibility index (Phi) is 3.87. The summed E-state index contributed by atoms with van der Waals surface area (Å²) in [6, 6.07) is 10.5. The number of anilines is 1. The van der Waals surface area contributed by atoms with Crippen molar-refractivity contribution < 1.29 is 13.6 Å². The molecule has 0 unspecified atom stereocenters. The zero-order valence-electron chi connectivity index (χ0n) is 11.7. The van der Waals surface area contributed by atoms with Gasteiger partial charge in [0.2, 0.25) is 5.91 Å². The Hall–Kier alpha value is -1.94. The number of amides is 1. The number of rotatable bonds is 3. The van der Waals surface area contributed by atoms with Gasteiger partial charge in [0.15, 0.2) is 11.6 Å². The molecule has 1 saturated carbocycles. The van der Waals surface area contributed by atoms with Gasteiger partial charge in [0.1, 0.15) is 0 Å². The molecule has 1 aliphatic carbocycles. The number of hydrogen-bond acceptors (Lipinski definition) is 1. The van der Waals surface area contributed by atoms with Crippen molar-refractivity contribution in [3.05, 3.63) is 64.7 Å². The molecule has 2 nitrogen and oxygen atoms in total. The second-order valence-corrected chi connectivity index (χ2v) is 5.96. The fraction of sp³-hybridized carbons (Fsp3) is 0.235. The van der Waals surface area contributed by atoms with E-state index in [4.69, 9.17) is 11.6 Å². The van der Waals surface area contributed by atoms with Gasteiger partial charge in [0, 0.05) is 16.8 Å². The molecule has 0 radical (unpaired) electrons. The number of benzene rings is 2. The molecule has 1 N–H and O–H groups in total. The number of carbonyl (C=O) groups excluding carboxylic acids is 1. The fourth-order valence-electron chi connectivity index (χ4n) is 2.77. The molecule has 114 valence electrons. The van der Waals surface area contributed by atoms with Crippen molar-refractivity contribution in [1.82, 2.24) is 0 Å². The second kappa shape index (κ2) is 5.69. The highest BCUT2D eigenvalue weighted by Gasteiger charge is 2.45. The van der Waals surface area contributed by atoms with E-state index in [0.717, 1.165) is 37.0 Å². The minimum Gasteiger partial charge on any atom is -0.325 e. The van der Waals surface area contributed by atoms with Crippen molar-refractivity contribution in [3.8, 4) is 0 Å². The molecular weight excluding hydrogens is 308 g/mol. The van der Waals surface area contributed by atoms with E-state index in [1.807, 2.05) is 12.1 Å². The second-order valence-electron chi connectivity index (χ2n) is 5.53. The van der Waals surface area contributed by atoms with Crippen molar-refractivity contribution in [2.24, 2.45) is 0 Å². The fourth-order valence-corrected chi connectivity index (χ4v) is 2.90. The molecule has 0 bridgehead atoms. The maximum atomic E-state index is 13.2. The third kappa shape index (κ3) is 2.59. The molecular formula is C17H14ClF2NO. The van der Waals surface area contributed by atoms with E-state index in [0.29, 0.717) is 5.02 Å². The average molecular weight is 322 g/mol. The van der Waals surface area contributed by atoms with Crippen LogP contribution in [0.1, 0.15) is 24.8 Å². The largest absolute Gasteiger partial charge is 0.325 e. The smallest absolute Gasteiger partial charge is 0.235 e. The van der Waals surface area contributed by atoms with Gasteiger partial charge in [-0.1, -0.05) is 30.2 Å². The summed E-state index contributed by atoms with van der Waals surface area (Å²) < 4.78 is 26.2. The first-order valence-electron chi connectivity index (χ1n) is 7.04. The summed E-state index contributed by atoms with van der Waals surface area (Å²) in [6.45, 7) is 0. The topological polar surface area (TPSA) is 29.1 Å². The van der Waals surface area contributed by atoms with E-state index in [1.54, 1.807) is 12.1 Å². The third-order valence-electron chi connectivity index (χ3n) is 4.22. The van der Waals surface area contributed by atoms with Crippen LogP contribution in [0, 0.1) is 11.6 Å². The summed E-state index contributed by atoms with van der Waals surface area (Å²) in [5.41, 5.74) is 0.530. The lowest BCUT2D eigenvalue weighted by molar-refractivity contribution is -0.124. The first kappa shape index (κ1) is 15.0. The van der Waals surface area contributed by atoms with E-state index < -0.39 is 17.0 Å². The molecule has 0 heterocycles. The molecule has 0 aromatic heterocycles. The van der Waals surface area contributed by atoms with Crippen molar-refractivity contribution in [1.29, 1.82) is 0 Å². The summed E-state index contributed by atoms with van der Waals surface area (Å²) in [6.07, 6.45) is 2.40. The van der Waals surface area contributed by atoms with Crippen molar-refractivity contribution >= 4 is 23.2 Å². The quantitative estimate of drug-likeness (QED) is 0.874.